The van der Waals surface area contributed by atoms with Gasteiger partial charge in [0.25, 0.3) is 0 Å². The number of nitrogens with zero attached hydrogens (tertiary/aromatic N) is 1. The molecule has 0 saturated carbocycles. The second-order valence-corrected chi connectivity index (χ2v) is 4.36. The minimum absolute atomic E-state index is 0.360. The van der Waals surface area contributed by atoms with Gasteiger partial charge >= 0.3 is 0 Å². The van der Waals surface area contributed by atoms with Crippen LogP contribution in [0.1, 0.15) is 24.1 Å². The molecule has 1 aliphatic rings. The maximum Gasteiger partial charge on any atom is 0.0608 e. The van der Waals surface area contributed by atoms with Gasteiger partial charge in [-0.1, -0.05) is 29.8 Å². The summed E-state index contributed by atoms with van der Waals surface area (Å²) in [5.74, 6) is 0. The van der Waals surface area contributed by atoms with Gasteiger partial charge in [0.15, 0.2) is 0 Å². The van der Waals surface area contributed by atoms with Crippen LogP contribution < -0.4 is 5.43 Å². The van der Waals surface area contributed by atoms with Gasteiger partial charge in [-0.2, -0.15) is 0 Å². The Balaban J connectivity index is 1.91. The third kappa shape index (κ3) is 3.04. The second kappa shape index (κ2) is 5.43. The Bertz CT molecular complexity index is 317. The average Bonchev–Trinajstić information content (AvgIpc) is 2.31. The van der Waals surface area contributed by atoms with E-state index in [4.69, 9.17) is 4.74 Å². The lowest BCUT2D eigenvalue weighted by Crippen LogP contribution is -2.46. The monoisotopic (exact) mass is 220 g/mol. The van der Waals surface area contributed by atoms with E-state index < -0.39 is 0 Å². The standard InChI is InChI=1S/C13H20N2O/c1-11-3-5-13(6-4-11)12(2)14-15-7-9-16-10-8-15/h3-6,12,14H,7-10H2,1-2H3/t12-/m0/s1. The van der Waals surface area contributed by atoms with Gasteiger partial charge < -0.3 is 4.74 Å². The van der Waals surface area contributed by atoms with Crippen molar-refractivity contribution in [2.45, 2.75) is 19.9 Å². The van der Waals surface area contributed by atoms with Crippen LogP contribution in [0.2, 0.25) is 0 Å². The van der Waals surface area contributed by atoms with E-state index in [1.165, 1.54) is 11.1 Å². The molecular weight excluding hydrogens is 200 g/mol. The summed E-state index contributed by atoms with van der Waals surface area (Å²) < 4.78 is 5.32. The Labute approximate surface area is 97.4 Å². The molecule has 1 aromatic carbocycles. The van der Waals surface area contributed by atoms with E-state index in [1.54, 1.807) is 0 Å². The number of aryl methyl sites for hydroxylation is 1. The second-order valence-electron chi connectivity index (χ2n) is 4.36. The Morgan fingerprint density at radius 1 is 1.19 bits per heavy atom. The smallest absolute Gasteiger partial charge is 0.0608 e. The van der Waals surface area contributed by atoms with Gasteiger partial charge in [-0.15, -0.1) is 0 Å². The zero-order valence-corrected chi connectivity index (χ0v) is 10.1. The summed E-state index contributed by atoms with van der Waals surface area (Å²) in [6.07, 6.45) is 0. The van der Waals surface area contributed by atoms with Gasteiger partial charge in [0.1, 0.15) is 0 Å². The van der Waals surface area contributed by atoms with E-state index in [0.29, 0.717) is 6.04 Å². The van der Waals surface area contributed by atoms with Crippen molar-refractivity contribution in [3.05, 3.63) is 35.4 Å². The van der Waals surface area contributed by atoms with Crippen molar-refractivity contribution in [1.29, 1.82) is 0 Å². The van der Waals surface area contributed by atoms with Gasteiger partial charge in [-0.05, 0) is 19.4 Å². The summed E-state index contributed by atoms with van der Waals surface area (Å²) in [7, 11) is 0. The molecular formula is C13H20N2O. The Hall–Kier alpha value is -0.900. The van der Waals surface area contributed by atoms with Crippen molar-refractivity contribution in [3.63, 3.8) is 0 Å². The first-order valence-electron chi connectivity index (χ1n) is 5.91. The minimum Gasteiger partial charge on any atom is -0.379 e. The Kier molecular flexibility index (Phi) is 3.93. The fraction of sp³-hybridized carbons (Fsp3) is 0.538. The van der Waals surface area contributed by atoms with Crippen LogP contribution in [-0.4, -0.2) is 31.3 Å². The van der Waals surface area contributed by atoms with E-state index in [-0.39, 0.29) is 0 Å². The minimum atomic E-state index is 0.360. The maximum absolute atomic E-state index is 5.32. The topological polar surface area (TPSA) is 24.5 Å². The van der Waals surface area contributed by atoms with E-state index in [1.807, 2.05) is 0 Å². The number of benzene rings is 1. The van der Waals surface area contributed by atoms with Crippen LogP contribution >= 0.6 is 0 Å². The lowest BCUT2D eigenvalue weighted by molar-refractivity contribution is 0.00484. The van der Waals surface area contributed by atoms with Crippen molar-refractivity contribution in [2.75, 3.05) is 26.3 Å². The van der Waals surface area contributed by atoms with E-state index in [0.717, 1.165) is 26.3 Å². The molecule has 1 N–H and O–H groups in total. The zero-order chi connectivity index (χ0) is 11.4. The number of hydrazine groups is 1. The Morgan fingerprint density at radius 2 is 1.81 bits per heavy atom. The molecule has 88 valence electrons. The molecule has 1 aromatic rings. The molecule has 0 aromatic heterocycles. The summed E-state index contributed by atoms with van der Waals surface area (Å²) in [6, 6.07) is 9.05. The molecule has 1 aliphatic heterocycles. The molecule has 0 radical (unpaired) electrons. The number of nitrogens with one attached hydrogen (secondary N) is 1. The molecule has 0 amide bonds. The molecule has 0 aliphatic carbocycles. The van der Waals surface area contributed by atoms with Crippen LogP contribution in [0.5, 0.6) is 0 Å². The highest BCUT2D eigenvalue weighted by Gasteiger charge is 2.13. The van der Waals surface area contributed by atoms with Gasteiger partial charge in [0, 0.05) is 19.1 Å². The molecule has 16 heavy (non-hydrogen) atoms. The van der Waals surface area contributed by atoms with Crippen LogP contribution in [0.3, 0.4) is 0 Å². The number of hydrogen-bond acceptors (Lipinski definition) is 3. The van der Waals surface area contributed by atoms with Gasteiger partial charge in [-0.3, -0.25) is 0 Å². The molecule has 0 unspecified atom stereocenters. The first-order chi connectivity index (χ1) is 7.75. The number of ether oxygens (including phenoxy) is 1. The fourth-order valence-electron chi connectivity index (χ4n) is 1.90. The highest BCUT2D eigenvalue weighted by atomic mass is 16.5. The SMILES string of the molecule is Cc1ccc([C@H](C)NN2CCOCC2)cc1. The summed E-state index contributed by atoms with van der Waals surface area (Å²) in [5.41, 5.74) is 6.15. The molecule has 0 bridgehead atoms. The summed E-state index contributed by atoms with van der Waals surface area (Å²) >= 11 is 0. The van der Waals surface area contributed by atoms with Gasteiger partial charge in [-0.25, -0.2) is 10.4 Å². The Morgan fingerprint density at radius 3 is 2.44 bits per heavy atom. The zero-order valence-electron chi connectivity index (χ0n) is 10.1. The lowest BCUT2D eigenvalue weighted by Gasteiger charge is -2.30. The molecule has 1 heterocycles. The molecule has 1 atom stereocenters. The summed E-state index contributed by atoms with van der Waals surface area (Å²) in [5, 5.41) is 2.24. The molecule has 1 saturated heterocycles. The first kappa shape index (κ1) is 11.6. The van der Waals surface area contributed by atoms with Crippen molar-refractivity contribution >= 4 is 0 Å². The summed E-state index contributed by atoms with van der Waals surface area (Å²) in [4.78, 5) is 0. The lowest BCUT2D eigenvalue weighted by atomic mass is 10.1. The normalized spacial score (nSPS) is 19.6. The van der Waals surface area contributed by atoms with Crippen LogP contribution in [-0.2, 0) is 4.74 Å². The molecule has 1 fully saturated rings. The highest BCUT2D eigenvalue weighted by Crippen LogP contribution is 2.13. The van der Waals surface area contributed by atoms with Crippen LogP contribution in [0.4, 0.5) is 0 Å². The fourth-order valence-corrected chi connectivity index (χ4v) is 1.90. The number of rotatable bonds is 3. The van der Waals surface area contributed by atoms with E-state index in [9.17, 15) is 0 Å². The molecule has 3 heteroatoms. The van der Waals surface area contributed by atoms with Crippen LogP contribution in [0.15, 0.2) is 24.3 Å². The average molecular weight is 220 g/mol. The van der Waals surface area contributed by atoms with Crippen molar-refractivity contribution in [2.24, 2.45) is 0 Å². The van der Waals surface area contributed by atoms with Crippen molar-refractivity contribution in [3.8, 4) is 0 Å². The van der Waals surface area contributed by atoms with E-state index in [2.05, 4.69) is 48.5 Å². The largest absolute Gasteiger partial charge is 0.379 e. The molecule has 3 nitrogen and oxygen atoms in total. The quantitative estimate of drug-likeness (QED) is 0.842. The number of hydrogen-bond donors (Lipinski definition) is 1. The molecule has 0 spiro atoms. The molecule has 2 rings (SSSR count). The van der Waals surface area contributed by atoms with Gasteiger partial charge in [0.2, 0.25) is 0 Å². The highest BCUT2D eigenvalue weighted by molar-refractivity contribution is 5.23. The van der Waals surface area contributed by atoms with Crippen LogP contribution in [0, 0.1) is 6.92 Å². The van der Waals surface area contributed by atoms with Crippen molar-refractivity contribution in [1.82, 2.24) is 10.4 Å². The predicted molar refractivity (Wildman–Crippen MR) is 65.1 cm³/mol. The predicted octanol–water partition coefficient (Wildman–Crippen LogP) is 1.89. The maximum atomic E-state index is 5.32. The first-order valence-corrected chi connectivity index (χ1v) is 5.91. The number of morpholine rings is 1. The van der Waals surface area contributed by atoms with Crippen molar-refractivity contribution < 1.29 is 4.74 Å². The summed E-state index contributed by atoms with van der Waals surface area (Å²) in [6.45, 7) is 7.90. The van der Waals surface area contributed by atoms with Crippen LogP contribution in [0.25, 0.3) is 0 Å². The van der Waals surface area contributed by atoms with Gasteiger partial charge in [0.05, 0.1) is 13.2 Å². The third-order valence-electron chi connectivity index (χ3n) is 2.96. The van der Waals surface area contributed by atoms with E-state index >= 15 is 0 Å². The third-order valence-corrected chi connectivity index (χ3v) is 2.96.